The van der Waals surface area contributed by atoms with Crippen LogP contribution in [0.2, 0.25) is 5.02 Å². The van der Waals surface area contributed by atoms with Crippen LogP contribution in [0.1, 0.15) is 38.2 Å². The first kappa shape index (κ1) is 14.4. The molecule has 1 fully saturated rings. The second kappa shape index (κ2) is 5.93. The highest BCUT2D eigenvalue weighted by molar-refractivity contribution is 6.30. The minimum atomic E-state index is -0.450. The van der Waals surface area contributed by atoms with E-state index in [1.54, 1.807) is 0 Å². The van der Waals surface area contributed by atoms with Gasteiger partial charge in [0.05, 0.1) is 12.0 Å². The molecule has 1 amide bonds. The van der Waals surface area contributed by atoms with Gasteiger partial charge in [0, 0.05) is 11.1 Å². The highest BCUT2D eigenvalue weighted by Gasteiger charge is 2.42. The van der Waals surface area contributed by atoms with Crippen molar-refractivity contribution < 1.29 is 9.90 Å². The Kier molecular flexibility index (Phi) is 4.48. The molecule has 2 N–H and O–H groups in total. The summed E-state index contributed by atoms with van der Waals surface area (Å²) in [6, 6.07) is 7.34. The molecule has 0 aromatic heterocycles. The first-order chi connectivity index (χ1) is 9.08. The second-order valence-electron chi connectivity index (χ2n) is 5.35. The van der Waals surface area contributed by atoms with Crippen molar-refractivity contribution in [3.8, 4) is 0 Å². The SMILES string of the molecule is C[C@@H](CO)NC(=O)C1(c2ccc(Cl)cc2)CCCC1. The van der Waals surface area contributed by atoms with Crippen LogP contribution in [0.5, 0.6) is 0 Å². The Morgan fingerprint density at radius 3 is 2.47 bits per heavy atom. The lowest BCUT2D eigenvalue weighted by molar-refractivity contribution is -0.127. The minimum Gasteiger partial charge on any atom is -0.394 e. The van der Waals surface area contributed by atoms with E-state index >= 15 is 0 Å². The fraction of sp³-hybridized carbons (Fsp3) is 0.533. The van der Waals surface area contributed by atoms with E-state index in [2.05, 4.69) is 5.32 Å². The average molecular weight is 282 g/mol. The van der Waals surface area contributed by atoms with Crippen molar-refractivity contribution in [2.75, 3.05) is 6.61 Å². The Morgan fingerprint density at radius 2 is 1.95 bits per heavy atom. The van der Waals surface area contributed by atoms with E-state index in [0.717, 1.165) is 31.2 Å². The standard InChI is InChI=1S/C15H20ClNO2/c1-11(10-18)17-14(19)15(8-2-3-9-15)12-4-6-13(16)7-5-12/h4-7,11,18H,2-3,8-10H2,1H3,(H,17,19)/t11-/m0/s1. The molecule has 4 heteroatoms. The van der Waals surface area contributed by atoms with Gasteiger partial charge in [0.2, 0.25) is 5.91 Å². The maximum Gasteiger partial charge on any atom is 0.230 e. The molecule has 0 aliphatic heterocycles. The van der Waals surface area contributed by atoms with Gasteiger partial charge in [-0.2, -0.15) is 0 Å². The third kappa shape index (κ3) is 2.93. The number of halogens is 1. The van der Waals surface area contributed by atoms with E-state index in [1.807, 2.05) is 31.2 Å². The van der Waals surface area contributed by atoms with Crippen LogP contribution in [0.15, 0.2) is 24.3 Å². The quantitative estimate of drug-likeness (QED) is 0.891. The first-order valence-electron chi connectivity index (χ1n) is 6.76. The van der Waals surface area contributed by atoms with Crippen LogP contribution < -0.4 is 5.32 Å². The topological polar surface area (TPSA) is 49.3 Å². The predicted octanol–water partition coefficient (Wildman–Crippen LogP) is 2.65. The van der Waals surface area contributed by atoms with Gasteiger partial charge in [-0.3, -0.25) is 4.79 Å². The number of rotatable bonds is 4. The van der Waals surface area contributed by atoms with Crippen molar-refractivity contribution >= 4 is 17.5 Å². The number of benzene rings is 1. The summed E-state index contributed by atoms with van der Waals surface area (Å²) in [5, 5.41) is 12.7. The summed E-state index contributed by atoms with van der Waals surface area (Å²) in [6.07, 6.45) is 3.84. The fourth-order valence-corrected chi connectivity index (χ4v) is 2.93. The van der Waals surface area contributed by atoms with Crippen molar-refractivity contribution in [1.82, 2.24) is 5.32 Å². The number of nitrogens with one attached hydrogen (secondary N) is 1. The molecular formula is C15H20ClNO2. The van der Waals surface area contributed by atoms with Gasteiger partial charge in [0.15, 0.2) is 0 Å². The number of amides is 1. The van der Waals surface area contributed by atoms with E-state index < -0.39 is 5.41 Å². The van der Waals surface area contributed by atoms with Crippen LogP contribution >= 0.6 is 11.6 Å². The molecule has 1 atom stereocenters. The van der Waals surface area contributed by atoms with Crippen LogP contribution in [-0.2, 0) is 10.2 Å². The van der Waals surface area contributed by atoms with Gasteiger partial charge in [0.25, 0.3) is 0 Å². The summed E-state index contributed by atoms with van der Waals surface area (Å²) < 4.78 is 0. The van der Waals surface area contributed by atoms with Gasteiger partial charge in [-0.05, 0) is 37.5 Å². The summed E-state index contributed by atoms with van der Waals surface area (Å²) in [5.41, 5.74) is 0.575. The first-order valence-corrected chi connectivity index (χ1v) is 7.14. The van der Waals surface area contributed by atoms with Gasteiger partial charge in [-0.15, -0.1) is 0 Å². The lowest BCUT2D eigenvalue weighted by atomic mass is 9.78. The fourth-order valence-electron chi connectivity index (χ4n) is 2.80. The number of aliphatic hydroxyl groups excluding tert-OH is 1. The molecule has 0 spiro atoms. The third-order valence-electron chi connectivity index (χ3n) is 3.94. The van der Waals surface area contributed by atoms with Crippen molar-refractivity contribution in [3.63, 3.8) is 0 Å². The molecule has 1 aromatic rings. The summed E-state index contributed by atoms with van der Waals surface area (Å²) in [7, 11) is 0. The molecule has 1 saturated carbocycles. The van der Waals surface area contributed by atoms with Gasteiger partial charge in [-0.25, -0.2) is 0 Å². The number of carbonyl (C=O) groups is 1. The summed E-state index contributed by atoms with van der Waals surface area (Å²) in [4.78, 5) is 12.6. The molecule has 3 nitrogen and oxygen atoms in total. The summed E-state index contributed by atoms with van der Waals surface area (Å²) >= 11 is 5.92. The summed E-state index contributed by atoms with van der Waals surface area (Å²) in [6.45, 7) is 1.77. The Bertz CT molecular complexity index is 438. The van der Waals surface area contributed by atoms with E-state index in [1.165, 1.54) is 0 Å². The molecule has 19 heavy (non-hydrogen) atoms. The zero-order valence-corrected chi connectivity index (χ0v) is 11.9. The minimum absolute atomic E-state index is 0.0221. The molecule has 2 rings (SSSR count). The van der Waals surface area contributed by atoms with Crippen molar-refractivity contribution in [3.05, 3.63) is 34.9 Å². The molecule has 1 aliphatic carbocycles. The molecule has 104 valence electrons. The summed E-state index contributed by atoms with van der Waals surface area (Å²) in [5.74, 6) is 0.0221. The van der Waals surface area contributed by atoms with E-state index in [9.17, 15) is 4.79 Å². The van der Waals surface area contributed by atoms with Crippen LogP contribution in [-0.4, -0.2) is 23.7 Å². The molecule has 1 aliphatic rings. The molecule has 0 unspecified atom stereocenters. The Labute approximate surface area is 119 Å². The molecule has 0 radical (unpaired) electrons. The zero-order valence-electron chi connectivity index (χ0n) is 11.2. The largest absolute Gasteiger partial charge is 0.394 e. The Hall–Kier alpha value is -1.06. The normalized spacial score (nSPS) is 19.1. The number of hydrogen-bond donors (Lipinski definition) is 2. The highest BCUT2D eigenvalue weighted by atomic mass is 35.5. The molecule has 0 heterocycles. The van der Waals surface area contributed by atoms with Crippen LogP contribution in [0.4, 0.5) is 0 Å². The number of hydrogen-bond acceptors (Lipinski definition) is 2. The maximum atomic E-state index is 12.6. The smallest absolute Gasteiger partial charge is 0.230 e. The maximum absolute atomic E-state index is 12.6. The van der Waals surface area contributed by atoms with Crippen molar-refractivity contribution in [1.29, 1.82) is 0 Å². The highest BCUT2D eigenvalue weighted by Crippen LogP contribution is 2.41. The Balaban J connectivity index is 2.27. The second-order valence-corrected chi connectivity index (χ2v) is 5.79. The van der Waals surface area contributed by atoms with Gasteiger partial charge >= 0.3 is 0 Å². The predicted molar refractivity (Wildman–Crippen MR) is 76.3 cm³/mol. The average Bonchev–Trinajstić information content (AvgIpc) is 2.90. The number of aliphatic hydroxyl groups is 1. The third-order valence-corrected chi connectivity index (χ3v) is 4.19. The molecule has 1 aromatic carbocycles. The van der Waals surface area contributed by atoms with Crippen molar-refractivity contribution in [2.24, 2.45) is 0 Å². The lowest BCUT2D eigenvalue weighted by Crippen LogP contribution is -2.47. The van der Waals surface area contributed by atoms with Crippen molar-refractivity contribution in [2.45, 2.75) is 44.1 Å². The van der Waals surface area contributed by atoms with E-state index in [0.29, 0.717) is 5.02 Å². The van der Waals surface area contributed by atoms with Gasteiger partial charge in [-0.1, -0.05) is 36.6 Å². The van der Waals surface area contributed by atoms with E-state index in [-0.39, 0.29) is 18.6 Å². The van der Waals surface area contributed by atoms with Crippen LogP contribution in [0, 0.1) is 0 Å². The zero-order chi connectivity index (χ0) is 13.9. The van der Waals surface area contributed by atoms with Gasteiger partial charge < -0.3 is 10.4 Å². The molecule has 0 saturated heterocycles. The monoisotopic (exact) mass is 281 g/mol. The Morgan fingerprint density at radius 1 is 1.37 bits per heavy atom. The lowest BCUT2D eigenvalue weighted by Gasteiger charge is -2.29. The van der Waals surface area contributed by atoms with Gasteiger partial charge in [0.1, 0.15) is 0 Å². The number of carbonyl (C=O) groups excluding carboxylic acids is 1. The molecule has 0 bridgehead atoms. The molecular weight excluding hydrogens is 262 g/mol. The van der Waals surface area contributed by atoms with E-state index in [4.69, 9.17) is 16.7 Å². The van der Waals surface area contributed by atoms with Crippen LogP contribution in [0.3, 0.4) is 0 Å². The van der Waals surface area contributed by atoms with Crippen LogP contribution in [0.25, 0.3) is 0 Å².